The molecule has 5 rings (SSSR count). The average Bonchev–Trinajstić information content (AvgIpc) is 3.15. The number of benzene rings is 2. The Labute approximate surface area is 209 Å². The SMILES string of the molecule is COCc1cc2c(cc1N(Cl)c1cncnc1N1C[C@](C)(CC(=O)O)c3ccccc31)CNCC2. The molecule has 0 radical (unpaired) electrons. The van der Waals surface area contributed by atoms with Gasteiger partial charge in [0.1, 0.15) is 12.0 Å². The number of aliphatic carboxylic acids is 1. The molecule has 8 nitrogen and oxygen atoms in total. The van der Waals surface area contributed by atoms with Gasteiger partial charge in [-0.15, -0.1) is 0 Å². The first-order valence-corrected chi connectivity index (χ1v) is 11.9. The Morgan fingerprint density at radius 1 is 1.29 bits per heavy atom. The molecule has 0 unspecified atom stereocenters. The molecule has 182 valence electrons. The summed E-state index contributed by atoms with van der Waals surface area (Å²) >= 11 is 7.04. The minimum Gasteiger partial charge on any atom is -0.481 e. The van der Waals surface area contributed by atoms with Crippen molar-refractivity contribution in [2.45, 2.75) is 38.3 Å². The van der Waals surface area contributed by atoms with E-state index < -0.39 is 11.4 Å². The van der Waals surface area contributed by atoms with Gasteiger partial charge in [0.25, 0.3) is 0 Å². The maximum atomic E-state index is 11.7. The number of methoxy groups -OCH3 is 1. The van der Waals surface area contributed by atoms with Crippen LogP contribution in [0.5, 0.6) is 0 Å². The van der Waals surface area contributed by atoms with Gasteiger partial charge in [-0.2, -0.15) is 0 Å². The van der Waals surface area contributed by atoms with Gasteiger partial charge in [0.05, 0.1) is 24.9 Å². The first-order valence-electron chi connectivity index (χ1n) is 11.6. The average molecular weight is 494 g/mol. The third kappa shape index (κ3) is 4.33. The van der Waals surface area contributed by atoms with Gasteiger partial charge in [-0.05, 0) is 41.8 Å². The summed E-state index contributed by atoms with van der Waals surface area (Å²) in [4.78, 5) is 22.6. The molecule has 35 heavy (non-hydrogen) atoms. The molecule has 2 aromatic carbocycles. The summed E-state index contributed by atoms with van der Waals surface area (Å²) in [7, 11) is 1.67. The number of halogens is 1. The molecule has 0 saturated carbocycles. The number of rotatable bonds is 7. The molecule has 2 aliphatic rings. The van der Waals surface area contributed by atoms with Crippen LogP contribution < -0.4 is 14.6 Å². The van der Waals surface area contributed by atoms with Gasteiger partial charge in [0, 0.05) is 48.6 Å². The number of para-hydroxylation sites is 1. The van der Waals surface area contributed by atoms with E-state index in [9.17, 15) is 9.90 Å². The van der Waals surface area contributed by atoms with Gasteiger partial charge in [-0.3, -0.25) is 4.79 Å². The molecule has 1 aromatic heterocycles. The lowest BCUT2D eigenvalue weighted by Crippen LogP contribution is -2.31. The second-order valence-corrected chi connectivity index (χ2v) is 9.69. The topological polar surface area (TPSA) is 90.8 Å². The summed E-state index contributed by atoms with van der Waals surface area (Å²) in [5.74, 6) is -0.214. The standard InChI is InChI=1S/C26H28ClN5O3/c1-26(11-24(33)34)15-31(21-6-4-3-5-20(21)26)25-23(13-29-16-30-25)32(27)22-10-18-12-28-8-7-17(18)9-19(22)14-35-2/h3-6,9-10,13,16,28H,7-8,11-12,14-15H2,1-2H3,(H,33,34)/t26-/m0/s1. The van der Waals surface area contributed by atoms with E-state index >= 15 is 0 Å². The van der Waals surface area contributed by atoms with E-state index in [-0.39, 0.29) is 6.42 Å². The second-order valence-electron chi connectivity index (χ2n) is 9.36. The van der Waals surface area contributed by atoms with Crippen LogP contribution in [0.15, 0.2) is 48.9 Å². The highest BCUT2D eigenvalue weighted by Crippen LogP contribution is 2.48. The second kappa shape index (κ2) is 9.45. The van der Waals surface area contributed by atoms with E-state index in [1.54, 1.807) is 17.7 Å². The summed E-state index contributed by atoms with van der Waals surface area (Å²) in [6, 6.07) is 12.1. The van der Waals surface area contributed by atoms with Gasteiger partial charge in [-0.1, -0.05) is 31.2 Å². The molecule has 1 atom stereocenters. The highest BCUT2D eigenvalue weighted by Gasteiger charge is 2.42. The largest absolute Gasteiger partial charge is 0.481 e. The minimum atomic E-state index is -0.835. The van der Waals surface area contributed by atoms with Crippen LogP contribution in [0, 0.1) is 0 Å². The summed E-state index contributed by atoms with van der Waals surface area (Å²) in [5, 5.41) is 13.0. The van der Waals surface area contributed by atoms with Gasteiger partial charge in [-0.25, -0.2) is 14.4 Å². The zero-order valence-corrected chi connectivity index (χ0v) is 20.5. The molecular weight excluding hydrogens is 466 g/mol. The quantitative estimate of drug-likeness (QED) is 0.467. The third-order valence-corrected chi connectivity index (χ3v) is 7.20. The molecule has 0 bridgehead atoms. The summed E-state index contributed by atoms with van der Waals surface area (Å²) in [6.45, 7) is 4.60. The van der Waals surface area contributed by atoms with E-state index in [0.29, 0.717) is 24.7 Å². The fraction of sp³-hybridized carbons (Fsp3) is 0.346. The number of nitrogens with zero attached hydrogens (tertiary/aromatic N) is 4. The molecule has 3 aromatic rings. The molecule has 9 heteroatoms. The van der Waals surface area contributed by atoms with Crippen molar-refractivity contribution in [1.82, 2.24) is 15.3 Å². The van der Waals surface area contributed by atoms with Gasteiger partial charge >= 0.3 is 5.97 Å². The van der Waals surface area contributed by atoms with Crippen molar-refractivity contribution in [3.05, 3.63) is 71.2 Å². The van der Waals surface area contributed by atoms with Gasteiger partial charge in [0.15, 0.2) is 5.82 Å². The summed E-state index contributed by atoms with van der Waals surface area (Å²) in [6.07, 6.45) is 4.16. The van der Waals surface area contributed by atoms with Crippen molar-refractivity contribution in [3.8, 4) is 0 Å². The maximum absolute atomic E-state index is 11.7. The van der Waals surface area contributed by atoms with Crippen LogP contribution in [0.2, 0.25) is 0 Å². The molecule has 0 spiro atoms. The van der Waals surface area contributed by atoms with Crippen molar-refractivity contribution in [2.24, 2.45) is 0 Å². The lowest BCUT2D eigenvalue weighted by Gasteiger charge is -2.29. The highest BCUT2D eigenvalue weighted by molar-refractivity contribution is 6.30. The number of fused-ring (bicyclic) bond motifs is 2. The number of hydrogen-bond donors (Lipinski definition) is 2. The van der Waals surface area contributed by atoms with Crippen molar-refractivity contribution >= 4 is 40.6 Å². The number of anilines is 4. The van der Waals surface area contributed by atoms with Crippen LogP contribution >= 0.6 is 11.8 Å². The van der Waals surface area contributed by atoms with E-state index in [0.717, 1.165) is 42.0 Å². The van der Waals surface area contributed by atoms with E-state index in [1.807, 2.05) is 36.1 Å². The van der Waals surface area contributed by atoms with E-state index in [2.05, 4.69) is 27.4 Å². The lowest BCUT2D eigenvalue weighted by molar-refractivity contribution is -0.138. The number of carboxylic acids is 1. The maximum Gasteiger partial charge on any atom is 0.304 e. The van der Waals surface area contributed by atoms with Crippen molar-refractivity contribution in [1.29, 1.82) is 0 Å². The van der Waals surface area contributed by atoms with Crippen molar-refractivity contribution < 1.29 is 14.6 Å². The van der Waals surface area contributed by atoms with Gasteiger partial charge < -0.3 is 20.1 Å². The molecule has 0 fully saturated rings. The summed E-state index contributed by atoms with van der Waals surface area (Å²) < 4.78 is 7.08. The van der Waals surface area contributed by atoms with Gasteiger partial charge in [0.2, 0.25) is 0 Å². The lowest BCUT2D eigenvalue weighted by atomic mass is 9.81. The Hall–Kier alpha value is -3.20. The molecule has 0 saturated heterocycles. The van der Waals surface area contributed by atoms with Crippen LogP contribution in [0.25, 0.3) is 0 Å². The first kappa shape index (κ1) is 23.5. The Balaban J connectivity index is 1.59. The highest BCUT2D eigenvalue weighted by atomic mass is 35.5. The number of ether oxygens (including phenoxy) is 1. The predicted octanol–water partition coefficient (Wildman–Crippen LogP) is 4.44. The number of nitrogens with one attached hydrogen (secondary N) is 1. The van der Waals surface area contributed by atoms with E-state index in [4.69, 9.17) is 16.5 Å². The number of aromatic nitrogens is 2. The Kier molecular flexibility index (Phi) is 6.35. The van der Waals surface area contributed by atoms with Crippen LogP contribution in [-0.2, 0) is 34.5 Å². The zero-order chi connectivity index (χ0) is 24.6. The number of carbonyl (C=O) groups is 1. The van der Waals surface area contributed by atoms with Crippen molar-refractivity contribution in [3.63, 3.8) is 0 Å². The van der Waals surface area contributed by atoms with Crippen LogP contribution in [-0.4, -0.2) is 41.2 Å². The fourth-order valence-corrected chi connectivity index (χ4v) is 5.51. The first-order chi connectivity index (χ1) is 16.9. The van der Waals surface area contributed by atoms with Crippen LogP contribution in [0.1, 0.15) is 35.6 Å². The number of hydrogen-bond acceptors (Lipinski definition) is 7. The smallest absolute Gasteiger partial charge is 0.304 e. The zero-order valence-electron chi connectivity index (χ0n) is 19.8. The summed E-state index contributed by atoms with van der Waals surface area (Å²) in [5.41, 5.74) is 6.25. The van der Waals surface area contributed by atoms with Crippen LogP contribution in [0.4, 0.5) is 22.9 Å². The third-order valence-electron chi connectivity index (χ3n) is 6.83. The molecule has 2 N–H and O–H groups in total. The molecule has 0 aliphatic carbocycles. The predicted molar refractivity (Wildman–Crippen MR) is 136 cm³/mol. The van der Waals surface area contributed by atoms with Crippen molar-refractivity contribution in [2.75, 3.05) is 29.5 Å². The Morgan fingerprint density at radius 3 is 2.91 bits per heavy atom. The minimum absolute atomic E-state index is 0.0152. The van der Waals surface area contributed by atoms with E-state index in [1.165, 1.54) is 17.5 Å². The Morgan fingerprint density at radius 2 is 2.11 bits per heavy atom. The van der Waals surface area contributed by atoms with Crippen LogP contribution in [0.3, 0.4) is 0 Å². The number of carboxylic acid groups (broad SMARTS) is 1. The molecular formula is C26H28ClN5O3. The Bertz CT molecular complexity index is 1270. The normalized spacial score (nSPS) is 18.8. The fourth-order valence-electron chi connectivity index (χ4n) is 5.23. The molecule has 0 amide bonds. The molecule has 3 heterocycles. The molecule has 2 aliphatic heterocycles. The monoisotopic (exact) mass is 493 g/mol.